The van der Waals surface area contributed by atoms with E-state index in [0.29, 0.717) is 5.75 Å². The highest BCUT2D eigenvalue weighted by Crippen LogP contribution is 2.25. The molecule has 0 aliphatic carbocycles. The molecule has 0 atom stereocenters. The Morgan fingerprint density at radius 1 is 1.44 bits per heavy atom. The molecule has 1 aromatic heterocycles. The van der Waals surface area contributed by atoms with E-state index in [4.69, 9.17) is 0 Å². The van der Waals surface area contributed by atoms with Crippen molar-refractivity contribution in [2.75, 3.05) is 5.75 Å². The van der Waals surface area contributed by atoms with E-state index in [0.717, 1.165) is 29.7 Å². The Bertz CT molecular complexity index is 357. The predicted octanol–water partition coefficient (Wildman–Crippen LogP) is 3.33. The van der Waals surface area contributed by atoms with Crippen LogP contribution in [0.1, 0.15) is 31.5 Å². The van der Waals surface area contributed by atoms with Crippen molar-refractivity contribution < 1.29 is 4.79 Å². The average Bonchev–Trinajstić information content (AvgIpc) is 2.35. The zero-order valence-corrected chi connectivity index (χ0v) is 10.6. The summed E-state index contributed by atoms with van der Waals surface area (Å²) in [5.74, 6) is 0.489. The van der Waals surface area contributed by atoms with E-state index in [1.807, 2.05) is 12.3 Å². The molecule has 0 aromatic carbocycles. The summed E-state index contributed by atoms with van der Waals surface area (Å²) in [6.45, 7) is 4.20. The second-order valence-corrected chi connectivity index (χ2v) is 4.42. The number of nitrogens with zero attached hydrogens (tertiary/aromatic N) is 1. The number of aldehydes is 1. The Kier molecular flexibility index (Phi) is 5.86. The van der Waals surface area contributed by atoms with E-state index in [1.165, 1.54) is 5.56 Å². The lowest BCUT2D eigenvalue weighted by molar-refractivity contribution is -0.105. The SMILES string of the molecule is CC/C=C(\SCC=O)c1ccc(CC)cn1. The molecule has 0 aliphatic rings. The van der Waals surface area contributed by atoms with Gasteiger partial charge in [0.2, 0.25) is 0 Å². The van der Waals surface area contributed by atoms with E-state index in [-0.39, 0.29) is 0 Å². The molecule has 0 unspecified atom stereocenters. The summed E-state index contributed by atoms with van der Waals surface area (Å²) >= 11 is 1.54. The zero-order valence-electron chi connectivity index (χ0n) is 9.77. The molecule has 0 fully saturated rings. The summed E-state index contributed by atoms with van der Waals surface area (Å²) in [5, 5.41) is 0. The van der Waals surface area contributed by atoms with Gasteiger partial charge in [-0.15, -0.1) is 11.8 Å². The van der Waals surface area contributed by atoms with E-state index < -0.39 is 0 Å². The molecule has 0 radical (unpaired) electrons. The number of allylic oxidation sites excluding steroid dienone is 1. The fourth-order valence-corrected chi connectivity index (χ4v) is 2.13. The van der Waals surface area contributed by atoms with E-state index in [2.05, 4.69) is 31.0 Å². The van der Waals surface area contributed by atoms with Crippen LogP contribution in [0.5, 0.6) is 0 Å². The van der Waals surface area contributed by atoms with Crippen LogP contribution in [0, 0.1) is 0 Å². The van der Waals surface area contributed by atoms with Gasteiger partial charge in [-0.05, 0) is 24.5 Å². The molecule has 16 heavy (non-hydrogen) atoms. The first-order valence-electron chi connectivity index (χ1n) is 5.53. The van der Waals surface area contributed by atoms with E-state index in [9.17, 15) is 4.79 Å². The lowest BCUT2D eigenvalue weighted by Gasteiger charge is -2.05. The molecule has 1 aromatic rings. The number of aromatic nitrogens is 1. The van der Waals surface area contributed by atoms with Gasteiger partial charge in [-0.25, -0.2) is 0 Å². The second kappa shape index (κ2) is 7.23. The number of thioether (sulfide) groups is 1. The van der Waals surface area contributed by atoms with Gasteiger partial charge in [0.15, 0.2) is 0 Å². The van der Waals surface area contributed by atoms with Gasteiger partial charge in [0.05, 0.1) is 11.4 Å². The molecule has 0 saturated heterocycles. The van der Waals surface area contributed by atoms with Crippen molar-refractivity contribution in [1.82, 2.24) is 4.98 Å². The number of pyridine rings is 1. The van der Waals surface area contributed by atoms with Crippen molar-refractivity contribution in [3.63, 3.8) is 0 Å². The van der Waals surface area contributed by atoms with Gasteiger partial charge < -0.3 is 4.79 Å². The highest BCUT2D eigenvalue weighted by molar-refractivity contribution is 8.08. The van der Waals surface area contributed by atoms with Crippen LogP contribution in [0.15, 0.2) is 24.4 Å². The van der Waals surface area contributed by atoms with Crippen molar-refractivity contribution in [1.29, 1.82) is 0 Å². The van der Waals surface area contributed by atoms with Gasteiger partial charge in [0.1, 0.15) is 6.29 Å². The maximum atomic E-state index is 10.4. The summed E-state index contributed by atoms with van der Waals surface area (Å²) in [6.07, 6.45) is 6.90. The van der Waals surface area contributed by atoms with Crippen LogP contribution in [0.25, 0.3) is 4.91 Å². The molecule has 3 heteroatoms. The van der Waals surface area contributed by atoms with Crippen LogP contribution >= 0.6 is 11.8 Å². The van der Waals surface area contributed by atoms with Crippen molar-refractivity contribution in [2.24, 2.45) is 0 Å². The third kappa shape index (κ3) is 3.81. The Balaban J connectivity index is 2.83. The van der Waals surface area contributed by atoms with Crippen LogP contribution in [-0.2, 0) is 11.2 Å². The number of rotatable bonds is 6. The quantitative estimate of drug-likeness (QED) is 0.708. The van der Waals surface area contributed by atoms with E-state index in [1.54, 1.807) is 11.8 Å². The Morgan fingerprint density at radius 3 is 2.75 bits per heavy atom. The maximum Gasteiger partial charge on any atom is 0.130 e. The van der Waals surface area contributed by atoms with Crippen molar-refractivity contribution in [3.05, 3.63) is 35.7 Å². The minimum Gasteiger partial charge on any atom is -0.302 e. The summed E-state index contributed by atoms with van der Waals surface area (Å²) < 4.78 is 0. The maximum absolute atomic E-state index is 10.4. The smallest absolute Gasteiger partial charge is 0.130 e. The van der Waals surface area contributed by atoms with E-state index >= 15 is 0 Å². The predicted molar refractivity (Wildman–Crippen MR) is 70.4 cm³/mol. The summed E-state index contributed by atoms with van der Waals surface area (Å²) in [7, 11) is 0. The molecular weight excluding hydrogens is 218 g/mol. The third-order valence-electron chi connectivity index (χ3n) is 2.18. The first-order valence-corrected chi connectivity index (χ1v) is 6.52. The number of carbonyl (C=O) groups excluding carboxylic acids is 1. The highest BCUT2D eigenvalue weighted by atomic mass is 32.2. The molecule has 0 spiro atoms. The van der Waals surface area contributed by atoms with Crippen LogP contribution in [-0.4, -0.2) is 17.0 Å². The first kappa shape index (κ1) is 13.0. The number of hydrogen-bond acceptors (Lipinski definition) is 3. The lowest BCUT2D eigenvalue weighted by Crippen LogP contribution is -1.90. The van der Waals surface area contributed by atoms with Gasteiger partial charge in [0.25, 0.3) is 0 Å². The summed E-state index contributed by atoms with van der Waals surface area (Å²) in [4.78, 5) is 15.9. The van der Waals surface area contributed by atoms with Crippen molar-refractivity contribution in [2.45, 2.75) is 26.7 Å². The van der Waals surface area contributed by atoms with Crippen molar-refractivity contribution in [3.8, 4) is 0 Å². The largest absolute Gasteiger partial charge is 0.302 e. The Hall–Kier alpha value is -1.09. The molecule has 0 N–H and O–H groups in total. The van der Waals surface area contributed by atoms with Gasteiger partial charge in [0, 0.05) is 11.1 Å². The van der Waals surface area contributed by atoms with Gasteiger partial charge in [-0.1, -0.05) is 26.0 Å². The zero-order chi connectivity index (χ0) is 11.8. The molecule has 0 amide bonds. The summed E-state index contributed by atoms with van der Waals surface area (Å²) in [6, 6.07) is 4.12. The van der Waals surface area contributed by atoms with Crippen LogP contribution in [0.4, 0.5) is 0 Å². The molecule has 2 nitrogen and oxygen atoms in total. The van der Waals surface area contributed by atoms with Crippen LogP contribution < -0.4 is 0 Å². The fourth-order valence-electron chi connectivity index (χ4n) is 1.33. The Labute approximate surface area is 101 Å². The van der Waals surface area contributed by atoms with Gasteiger partial charge in [-0.2, -0.15) is 0 Å². The van der Waals surface area contributed by atoms with Gasteiger partial charge in [-0.3, -0.25) is 4.98 Å². The highest BCUT2D eigenvalue weighted by Gasteiger charge is 2.03. The number of aryl methyl sites for hydroxylation is 1. The minimum atomic E-state index is 0.489. The second-order valence-electron chi connectivity index (χ2n) is 3.36. The molecule has 1 heterocycles. The van der Waals surface area contributed by atoms with Crippen LogP contribution in [0.2, 0.25) is 0 Å². The Morgan fingerprint density at radius 2 is 2.25 bits per heavy atom. The average molecular weight is 235 g/mol. The standard InChI is InChI=1S/C13H17NOS/c1-3-5-13(16-9-8-15)12-7-6-11(4-2)10-14-12/h5-8,10H,3-4,9H2,1-2H3/b13-5-. The van der Waals surface area contributed by atoms with Gasteiger partial charge >= 0.3 is 0 Å². The number of hydrogen-bond donors (Lipinski definition) is 0. The molecule has 0 bridgehead atoms. The first-order chi connectivity index (χ1) is 7.81. The number of carbonyl (C=O) groups is 1. The molecule has 86 valence electrons. The topological polar surface area (TPSA) is 30.0 Å². The monoisotopic (exact) mass is 235 g/mol. The summed E-state index contributed by atoms with van der Waals surface area (Å²) in [5.41, 5.74) is 2.20. The molecule has 0 aliphatic heterocycles. The normalized spacial score (nSPS) is 11.5. The molecular formula is C13H17NOS. The fraction of sp³-hybridized carbons (Fsp3) is 0.385. The van der Waals surface area contributed by atoms with Crippen molar-refractivity contribution >= 4 is 23.0 Å². The lowest BCUT2D eigenvalue weighted by atomic mass is 10.2. The third-order valence-corrected chi connectivity index (χ3v) is 3.17. The molecule has 0 saturated carbocycles. The molecule has 1 rings (SSSR count). The van der Waals surface area contributed by atoms with Crippen LogP contribution in [0.3, 0.4) is 0 Å². The minimum absolute atomic E-state index is 0.489.